The fraction of sp³-hybridized carbons (Fsp3) is 0.192. The second kappa shape index (κ2) is 9.60. The molecule has 0 aliphatic rings. The highest BCUT2D eigenvalue weighted by Gasteiger charge is 2.35. The Morgan fingerprint density at radius 1 is 0.774 bits per heavy atom. The fourth-order valence-electron chi connectivity index (χ4n) is 4.06. The van der Waals surface area contributed by atoms with Crippen molar-refractivity contribution in [1.82, 2.24) is 20.4 Å². The molecule has 0 saturated heterocycles. The fourth-order valence-corrected chi connectivity index (χ4v) is 4.06. The molecule has 4 N–H and O–H groups in total. The summed E-state index contributed by atoms with van der Waals surface area (Å²) in [5, 5.41) is 11.6. The number of nitrogen functional groups attached to an aromatic ring is 1. The molecular weight excluding hydrogens is 382 g/mol. The molecule has 0 atom stereocenters. The van der Waals surface area contributed by atoms with E-state index in [1.165, 1.54) is 16.7 Å². The van der Waals surface area contributed by atoms with Crippen molar-refractivity contribution in [1.29, 1.82) is 0 Å². The average molecular weight is 412 g/mol. The Balaban J connectivity index is 1.60. The molecule has 0 fully saturated rings. The van der Waals surface area contributed by atoms with E-state index in [2.05, 4.69) is 107 Å². The van der Waals surface area contributed by atoms with E-state index in [0.717, 1.165) is 18.7 Å². The smallest absolute Gasteiger partial charge is 0.125 e. The summed E-state index contributed by atoms with van der Waals surface area (Å²) in [4.78, 5) is 0. The molecule has 0 saturated carbocycles. The summed E-state index contributed by atoms with van der Waals surface area (Å²) in [5.41, 5.74) is 10.3. The number of hydrogen-bond acceptors (Lipinski definition) is 4. The van der Waals surface area contributed by atoms with Crippen LogP contribution >= 0.6 is 0 Å². The zero-order valence-electron chi connectivity index (χ0n) is 17.8. The molecule has 0 spiro atoms. The van der Waals surface area contributed by atoms with E-state index in [4.69, 9.17) is 5.73 Å². The summed E-state index contributed by atoms with van der Waals surface area (Å²) in [6.07, 6.45) is 1.82. The van der Waals surface area contributed by atoms with Crippen LogP contribution in [0.3, 0.4) is 0 Å². The van der Waals surface area contributed by atoms with Crippen LogP contribution in [0.4, 0.5) is 5.82 Å². The summed E-state index contributed by atoms with van der Waals surface area (Å²) in [7, 11) is 1.86. The minimum Gasteiger partial charge on any atom is -0.384 e. The van der Waals surface area contributed by atoms with Gasteiger partial charge in [-0.3, -0.25) is 10.00 Å². The van der Waals surface area contributed by atoms with E-state index in [0.29, 0.717) is 12.4 Å². The van der Waals surface area contributed by atoms with Crippen LogP contribution in [0.25, 0.3) is 0 Å². The van der Waals surface area contributed by atoms with Gasteiger partial charge in [0.25, 0.3) is 0 Å². The van der Waals surface area contributed by atoms with Crippen molar-refractivity contribution in [3.05, 3.63) is 119 Å². The predicted octanol–water partition coefficient (Wildman–Crippen LogP) is 3.67. The number of nitrogens with zero attached hydrogens (tertiary/aromatic N) is 2. The average Bonchev–Trinajstić information content (AvgIpc) is 3.15. The maximum Gasteiger partial charge on any atom is 0.125 e. The number of aromatic nitrogens is 2. The number of aryl methyl sites for hydroxylation is 1. The van der Waals surface area contributed by atoms with Crippen LogP contribution in [-0.4, -0.2) is 22.9 Å². The molecule has 5 heteroatoms. The SMILES string of the molecule is Cn1ncc(CNCCNC(c2ccccc2)(c2ccccc2)c2ccccc2)c1N. The van der Waals surface area contributed by atoms with Crippen molar-refractivity contribution in [2.45, 2.75) is 12.1 Å². The Morgan fingerprint density at radius 3 is 1.68 bits per heavy atom. The second-order valence-corrected chi connectivity index (χ2v) is 7.63. The first-order valence-electron chi connectivity index (χ1n) is 10.6. The molecule has 0 amide bonds. The van der Waals surface area contributed by atoms with E-state index in [9.17, 15) is 0 Å². The maximum atomic E-state index is 6.06. The van der Waals surface area contributed by atoms with Gasteiger partial charge in [0.05, 0.1) is 11.7 Å². The molecule has 1 aromatic heterocycles. The molecular formula is C26H29N5. The highest BCUT2D eigenvalue weighted by molar-refractivity contribution is 5.49. The Bertz CT molecular complexity index is 978. The van der Waals surface area contributed by atoms with Gasteiger partial charge in [0.2, 0.25) is 0 Å². The third-order valence-corrected chi connectivity index (χ3v) is 5.69. The first-order chi connectivity index (χ1) is 15.2. The van der Waals surface area contributed by atoms with Gasteiger partial charge in [0.15, 0.2) is 0 Å². The third-order valence-electron chi connectivity index (χ3n) is 5.69. The predicted molar refractivity (Wildman–Crippen MR) is 127 cm³/mol. The van der Waals surface area contributed by atoms with Crippen LogP contribution in [0.15, 0.2) is 97.2 Å². The maximum absolute atomic E-state index is 6.06. The van der Waals surface area contributed by atoms with Gasteiger partial charge in [-0.25, -0.2) is 0 Å². The summed E-state index contributed by atoms with van der Waals surface area (Å²) >= 11 is 0. The summed E-state index contributed by atoms with van der Waals surface area (Å²) in [5.74, 6) is 0.702. The lowest BCUT2D eigenvalue weighted by atomic mass is 9.77. The first kappa shape index (κ1) is 20.8. The van der Waals surface area contributed by atoms with Crippen molar-refractivity contribution < 1.29 is 0 Å². The molecule has 31 heavy (non-hydrogen) atoms. The Hall–Kier alpha value is -3.41. The monoisotopic (exact) mass is 411 g/mol. The molecule has 0 unspecified atom stereocenters. The van der Waals surface area contributed by atoms with Gasteiger partial charge < -0.3 is 11.1 Å². The molecule has 0 aliphatic carbocycles. The zero-order valence-corrected chi connectivity index (χ0v) is 17.8. The van der Waals surface area contributed by atoms with Crippen LogP contribution in [-0.2, 0) is 19.1 Å². The normalized spacial score (nSPS) is 11.5. The van der Waals surface area contributed by atoms with Gasteiger partial charge >= 0.3 is 0 Å². The number of rotatable bonds is 9. The second-order valence-electron chi connectivity index (χ2n) is 7.63. The van der Waals surface area contributed by atoms with Gasteiger partial charge in [0, 0.05) is 32.2 Å². The highest BCUT2D eigenvalue weighted by Crippen LogP contribution is 2.36. The topological polar surface area (TPSA) is 67.9 Å². The van der Waals surface area contributed by atoms with Gasteiger partial charge in [0.1, 0.15) is 5.82 Å². The van der Waals surface area contributed by atoms with Crippen molar-refractivity contribution >= 4 is 5.82 Å². The largest absolute Gasteiger partial charge is 0.384 e. The lowest BCUT2D eigenvalue weighted by Crippen LogP contribution is -2.47. The van der Waals surface area contributed by atoms with Crippen LogP contribution in [0.1, 0.15) is 22.3 Å². The number of hydrogen-bond donors (Lipinski definition) is 3. The standard InChI is InChI=1S/C26H29N5/c1-31-25(27)21(20-30-31)19-28-17-18-29-26(22-11-5-2-6-12-22,23-13-7-3-8-14-23)24-15-9-4-10-16-24/h2-16,20,28-29H,17-19,27H2,1H3. The third kappa shape index (κ3) is 4.38. The minimum absolute atomic E-state index is 0.446. The van der Waals surface area contributed by atoms with Gasteiger partial charge in [-0.05, 0) is 16.7 Å². The Morgan fingerprint density at radius 2 is 1.26 bits per heavy atom. The van der Waals surface area contributed by atoms with Crippen molar-refractivity contribution in [2.75, 3.05) is 18.8 Å². The molecule has 4 rings (SSSR count). The molecule has 3 aromatic carbocycles. The van der Waals surface area contributed by atoms with E-state index < -0.39 is 5.54 Å². The summed E-state index contributed by atoms with van der Waals surface area (Å²) < 4.78 is 1.69. The summed E-state index contributed by atoms with van der Waals surface area (Å²) in [6, 6.07) is 31.9. The highest BCUT2D eigenvalue weighted by atomic mass is 15.3. The van der Waals surface area contributed by atoms with Crippen molar-refractivity contribution in [3.8, 4) is 0 Å². The lowest BCUT2D eigenvalue weighted by Gasteiger charge is -2.37. The molecule has 4 aromatic rings. The summed E-state index contributed by atoms with van der Waals surface area (Å²) in [6.45, 7) is 2.26. The zero-order chi connectivity index (χ0) is 21.5. The van der Waals surface area contributed by atoms with Crippen LogP contribution in [0, 0.1) is 0 Å². The number of nitrogens with two attached hydrogens (primary N) is 1. The minimum atomic E-state index is -0.446. The Labute approximate surface area is 183 Å². The Kier molecular flexibility index (Phi) is 6.46. The van der Waals surface area contributed by atoms with Gasteiger partial charge in [-0.15, -0.1) is 0 Å². The van der Waals surface area contributed by atoms with Crippen LogP contribution < -0.4 is 16.4 Å². The van der Waals surface area contributed by atoms with Crippen molar-refractivity contribution in [3.63, 3.8) is 0 Å². The molecule has 5 nitrogen and oxygen atoms in total. The van der Waals surface area contributed by atoms with E-state index in [1.54, 1.807) is 4.68 Å². The molecule has 0 aliphatic heterocycles. The first-order valence-corrected chi connectivity index (χ1v) is 10.6. The molecule has 1 heterocycles. The van der Waals surface area contributed by atoms with Gasteiger partial charge in [-0.1, -0.05) is 91.0 Å². The molecule has 0 radical (unpaired) electrons. The molecule has 158 valence electrons. The molecule has 0 bridgehead atoms. The van der Waals surface area contributed by atoms with Crippen LogP contribution in [0.2, 0.25) is 0 Å². The number of nitrogens with one attached hydrogen (secondary N) is 2. The number of anilines is 1. The van der Waals surface area contributed by atoms with Crippen LogP contribution in [0.5, 0.6) is 0 Å². The van der Waals surface area contributed by atoms with Gasteiger partial charge in [-0.2, -0.15) is 5.10 Å². The van der Waals surface area contributed by atoms with Crippen molar-refractivity contribution in [2.24, 2.45) is 7.05 Å². The lowest BCUT2D eigenvalue weighted by molar-refractivity contribution is 0.463. The quantitative estimate of drug-likeness (QED) is 0.290. The van der Waals surface area contributed by atoms with E-state index in [1.807, 2.05) is 13.2 Å². The number of benzene rings is 3. The van der Waals surface area contributed by atoms with E-state index in [-0.39, 0.29) is 0 Å². The van der Waals surface area contributed by atoms with E-state index >= 15 is 0 Å².